The number of rotatable bonds is 6. The third kappa shape index (κ3) is 4.48. The van der Waals surface area contributed by atoms with Gasteiger partial charge in [0, 0.05) is 35.5 Å². The smallest absolute Gasteiger partial charge is 0.119 e. The van der Waals surface area contributed by atoms with Gasteiger partial charge < -0.3 is 14.5 Å². The molecule has 0 radical (unpaired) electrons. The highest BCUT2D eigenvalue weighted by molar-refractivity contribution is 5.92. The zero-order chi connectivity index (χ0) is 25.2. The van der Waals surface area contributed by atoms with Gasteiger partial charge in [0.25, 0.3) is 0 Å². The molecule has 0 saturated heterocycles. The lowest BCUT2D eigenvalue weighted by Gasteiger charge is -2.27. The lowest BCUT2D eigenvalue weighted by Crippen LogP contribution is -2.12. The number of hydrogen-bond donors (Lipinski definition) is 0. The number of nitrogens with zero attached hydrogens (tertiary/aromatic N) is 2. The van der Waals surface area contributed by atoms with Crippen LogP contribution in [-0.4, -0.2) is 14.2 Å². The molecule has 180 valence electrons. The van der Waals surface area contributed by atoms with Crippen molar-refractivity contribution in [2.45, 2.75) is 0 Å². The highest BCUT2D eigenvalue weighted by Crippen LogP contribution is 2.38. The van der Waals surface area contributed by atoms with Crippen LogP contribution in [0.25, 0.3) is 21.5 Å². The van der Waals surface area contributed by atoms with Crippen molar-refractivity contribution < 1.29 is 4.74 Å². The van der Waals surface area contributed by atoms with E-state index in [-0.39, 0.29) is 0 Å². The molecule has 3 heteroatoms. The van der Waals surface area contributed by atoms with Crippen molar-refractivity contribution in [3.8, 4) is 5.75 Å². The molecule has 0 aliphatic heterocycles. The average molecular weight is 481 g/mol. The average Bonchev–Trinajstić information content (AvgIpc) is 2.97. The molecule has 6 aromatic rings. The monoisotopic (exact) mass is 480 g/mol. The normalized spacial score (nSPS) is 11.0. The van der Waals surface area contributed by atoms with E-state index in [1.165, 1.54) is 21.5 Å². The number of benzene rings is 6. The topological polar surface area (TPSA) is 15.7 Å². The van der Waals surface area contributed by atoms with Crippen molar-refractivity contribution in [3.63, 3.8) is 0 Å². The second-order valence-electron chi connectivity index (χ2n) is 9.17. The fraction of sp³-hybridized carbons (Fsp3) is 0.0588. The van der Waals surface area contributed by atoms with E-state index in [1.54, 1.807) is 7.11 Å². The predicted octanol–water partition coefficient (Wildman–Crippen LogP) is 9.24. The fourth-order valence-electron chi connectivity index (χ4n) is 4.86. The van der Waals surface area contributed by atoms with E-state index in [0.717, 1.165) is 34.2 Å². The summed E-state index contributed by atoms with van der Waals surface area (Å²) >= 11 is 0. The van der Waals surface area contributed by atoms with Gasteiger partial charge in [-0.1, -0.05) is 60.7 Å². The molecular weight excluding hydrogens is 452 g/mol. The summed E-state index contributed by atoms with van der Waals surface area (Å²) in [6.45, 7) is 0. The van der Waals surface area contributed by atoms with E-state index in [1.807, 2.05) is 12.1 Å². The molecule has 6 aromatic carbocycles. The molecule has 0 atom stereocenters. The molecule has 6 rings (SSSR count). The van der Waals surface area contributed by atoms with Gasteiger partial charge in [-0.25, -0.2) is 0 Å². The van der Waals surface area contributed by atoms with Gasteiger partial charge in [0.1, 0.15) is 5.75 Å². The highest BCUT2D eigenvalue weighted by atomic mass is 16.5. The highest BCUT2D eigenvalue weighted by Gasteiger charge is 2.14. The Morgan fingerprint density at radius 1 is 0.432 bits per heavy atom. The number of methoxy groups -OCH3 is 1. The number of fused-ring (bicyclic) bond motifs is 2. The molecule has 0 amide bonds. The first-order valence-corrected chi connectivity index (χ1v) is 12.5. The molecule has 0 N–H and O–H groups in total. The SMILES string of the molecule is COc1ccc(N(C)c2ccc(N(c3ccc4ccccc4c3)c3ccc4ccccc4c3)cc2)cc1. The Hall–Kier alpha value is -4.76. The molecule has 0 bridgehead atoms. The maximum absolute atomic E-state index is 5.31. The van der Waals surface area contributed by atoms with Crippen LogP contribution in [0.15, 0.2) is 133 Å². The Kier molecular flexibility index (Phi) is 5.95. The summed E-state index contributed by atoms with van der Waals surface area (Å²) in [6.07, 6.45) is 0. The first-order chi connectivity index (χ1) is 18.2. The second-order valence-corrected chi connectivity index (χ2v) is 9.17. The van der Waals surface area contributed by atoms with E-state index in [4.69, 9.17) is 4.74 Å². The van der Waals surface area contributed by atoms with Crippen LogP contribution in [0.1, 0.15) is 0 Å². The Morgan fingerprint density at radius 3 is 1.32 bits per heavy atom. The summed E-state index contributed by atoms with van der Waals surface area (Å²) in [6, 6.07) is 47.2. The molecule has 3 nitrogen and oxygen atoms in total. The van der Waals surface area contributed by atoms with Crippen molar-refractivity contribution in [2.75, 3.05) is 24.0 Å². The van der Waals surface area contributed by atoms with Crippen LogP contribution >= 0.6 is 0 Å². The molecule has 0 aliphatic rings. The molecular formula is C34H28N2O. The quantitative estimate of drug-likeness (QED) is 0.236. The summed E-state index contributed by atoms with van der Waals surface area (Å²) in [7, 11) is 3.77. The van der Waals surface area contributed by atoms with Crippen LogP contribution in [0.4, 0.5) is 28.4 Å². The molecule has 37 heavy (non-hydrogen) atoms. The minimum absolute atomic E-state index is 0.855. The van der Waals surface area contributed by atoms with Gasteiger partial charge in [-0.2, -0.15) is 0 Å². The Labute approximate surface area is 217 Å². The molecule has 0 aromatic heterocycles. The Bertz CT molecular complexity index is 1590. The van der Waals surface area contributed by atoms with E-state index in [9.17, 15) is 0 Å². The van der Waals surface area contributed by atoms with Crippen LogP contribution < -0.4 is 14.5 Å². The van der Waals surface area contributed by atoms with Gasteiger partial charge in [0.05, 0.1) is 7.11 Å². The minimum Gasteiger partial charge on any atom is -0.497 e. The number of hydrogen-bond acceptors (Lipinski definition) is 3. The van der Waals surface area contributed by atoms with Crippen molar-refractivity contribution in [1.82, 2.24) is 0 Å². The first kappa shape index (κ1) is 22.7. The minimum atomic E-state index is 0.855. The lowest BCUT2D eigenvalue weighted by molar-refractivity contribution is 0.415. The summed E-state index contributed by atoms with van der Waals surface area (Å²) in [5.41, 5.74) is 5.59. The van der Waals surface area contributed by atoms with Gasteiger partial charge in [-0.15, -0.1) is 0 Å². The van der Waals surface area contributed by atoms with E-state index < -0.39 is 0 Å². The van der Waals surface area contributed by atoms with Crippen LogP contribution in [0.3, 0.4) is 0 Å². The van der Waals surface area contributed by atoms with Crippen LogP contribution in [0.5, 0.6) is 5.75 Å². The molecule has 0 saturated carbocycles. The molecule has 0 fully saturated rings. The summed E-state index contributed by atoms with van der Waals surface area (Å²) < 4.78 is 5.31. The Balaban J connectivity index is 1.42. The number of ether oxygens (including phenoxy) is 1. The van der Waals surface area contributed by atoms with Crippen molar-refractivity contribution in [3.05, 3.63) is 133 Å². The van der Waals surface area contributed by atoms with E-state index in [2.05, 4.69) is 138 Å². The van der Waals surface area contributed by atoms with Gasteiger partial charge in [0.2, 0.25) is 0 Å². The van der Waals surface area contributed by atoms with Crippen molar-refractivity contribution in [1.29, 1.82) is 0 Å². The summed E-state index contributed by atoms with van der Waals surface area (Å²) in [5.74, 6) is 0.855. The van der Waals surface area contributed by atoms with Gasteiger partial charge >= 0.3 is 0 Å². The standard InChI is InChI=1S/C34H28N2O/c1-35(30-19-21-34(37-2)22-20-30)29-15-17-31(18-16-29)36(32-13-11-25-7-3-5-9-27(25)23-32)33-14-12-26-8-4-6-10-28(26)24-33/h3-24H,1-2H3. The number of anilines is 5. The van der Waals surface area contributed by atoms with Crippen LogP contribution in [0.2, 0.25) is 0 Å². The molecule has 0 spiro atoms. The van der Waals surface area contributed by atoms with Gasteiger partial charge in [0.15, 0.2) is 0 Å². The van der Waals surface area contributed by atoms with E-state index in [0.29, 0.717) is 0 Å². The zero-order valence-electron chi connectivity index (χ0n) is 21.0. The third-order valence-electron chi connectivity index (χ3n) is 6.94. The fourth-order valence-corrected chi connectivity index (χ4v) is 4.86. The molecule has 0 unspecified atom stereocenters. The van der Waals surface area contributed by atoms with Crippen molar-refractivity contribution in [2.24, 2.45) is 0 Å². The van der Waals surface area contributed by atoms with Gasteiger partial charge in [-0.3, -0.25) is 0 Å². The molecule has 0 heterocycles. The molecule has 0 aliphatic carbocycles. The first-order valence-electron chi connectivity index (χ1n) is 12.5. The summed E-state index contributed by atoms with van der Waals surface area (Å²) in [5, 5.41) is 4.92. The third-order valence-corrected chi connectivity index (χ3v) is 6.94. The Morgan fingerprint density at radius 2 is 0.838 bits per heavy atom. The lowest BCUT2D eigenvalue weighted by atomic mass is 10.1. The summed E-state index contributed by atoms with van der Waals surface area (Å²) in [4.78, 5) is 4.51. The van der Waals surface area contributed by atoms with E-state index >= 15 is 0 Å². The maximum atomic E-state index is 5.31. The van der Waals surface area contributed by atoms with Crippen LogP contribution in [-0.2, 0) is 0 Å². The van der Waals surface area contributed by atoms with Crippen LogP contribution in [0, 0.1) is 0 Å². The zero-order valence-corrected chi connectivity index (χ0v) is 21.0. The second kappa shape index (κ2) is 9.71. The largest absolute Gasteiger partial charge is 0.497 e. The maximum Gasteiger partial charge on any atom is 0.119 e. The van der Waals surface area contributed by atoms with Crippen molar-refractivity contribution >= 4 is 50.0 Å². The predicted molar refractivity (Wildman–Crippen MR) is 157 cm³/mol. The van der Waals surface area contributed by atoms with Gasteiger partial charge in [-0.05, 0) is 94.3 Å².